The van der Waals surface area contributed by atoms with Crippen molar-refractivity contribution in [1.82, 2.24) is 15.6 Å². The summed E-state index contributed by atoms with van der Waals surface area (Å²) in [5, 5.41) is 6.37. The van der Waals surface area contributed by atoms with Gasteiger partial charge in [0.05, 0.1) is 5.41 Å². The molecular formula is C14H21N3O. The van der Waals surface area contributed by atoms with E-state index in [0.717, 1.165) is 37.9 Å². The van der Waals surface area contributed by atoms with Gasteiger partial charge in [-0.15, -0.1) is 0 Å². The summed E-state index contributed by atoms with van der Waals surface area (Å²) < 4.78 is 0. The Balaban J connectivity index is 1.94. The molecule has 1 aromatic heterocycles. The summed E-state index contributed by atoms with van der Waals surface area (Å²) in [5.41, 5.74) is 0.901. The third-order valence-corrected chi connectivity index (χ3v) is 3.66. The van der Waals surface area contributed by atoms with Crippen LogP contribution in [0.1, 0.15) is 31.7 Å². The summed E-state index contributed by atoms with van der Waals surface area (Å²) in [5.74, 6) is 0.186. The molecule has 1 atom stereocenters. The number of nitrogens with one attached hydrogen (secondary N) is 2. The second-order valence-electron chi connectivity index (χ2n) is 5.00. The van der Waals surface area contributed by atoms with Crippen molar-refractivity contribution in [2.24, 2.45) is 5.41 Å². The molecule has 0 spiro atoms. The number of hydrogen-bond donors (Lipinski definition) is 2. The summed E-state index contributed by atoms with van der Waals surface area (Å²) in [6, 6.07) is 3.86. The van der Waals surface area contributed by atoms with Crippen LogP contribution in [-0.4, -0.2) is 24.0 Å². The van der Waals surface area contributed by atoms with E-state index in [1.807, 2.05) is 12.1 Å². The van der Waals surface area contributed by atoms with Gasteiger partial charge >= 0.3 is 0 Å². The van der Waals surface area contributed by atoms with Gasteiger partial charge in [0, 0.05) is 25.5 Å². The third-order valence-electron chi connectivity index (χ3n) is 3.66. The quantitative estimate of drug-likeness (QED) is 0.828. The summed E-state index contributed by atoms with van der Waals surface area (Å²) in [6.07, 6.45) is 6.45. The summed E-state index contributed by atoms with van der Waals surface area (Å²) in [6.45, 7) is 4.48. The van der Waals surface area contributed by atoms with E-state index in [-0.39, 0.29) is 11.3 Å². The van der Waals surface area contributed by atoms with Crippen LogP contribution in [0, 0.1) is 5.41 Å². The summed E-state index contributed by atoms with van der Waals surface area (Å²) in [7, 11) is 0. The van der Waals surface area contributed by atoms with Crippen LogP contribution in [0.15, 0.2) is 24.5 Å². The molecule has 1 fully saturated rings. The van der Waals surface area contributed by atoms with Crippen LogP contribution < -0.4 is 10.6 Å². The van der Waals surface area contributed by atoms with Crippen LogP contribution in [0.3, 0.4) is 0 Å². The van der Waals surface area contributed by atoms with Crippen molar-refractivity contribution >= 4 is 5.91 Å². The Morgan fingerprint density at radius 2 is 2.28 bits per heavy atom. The molecule has 0 radical (unpaired) electrons. The van der Waals surface area contributed by atoms with Crippen LogP contribution in [0.5, 0.6) is 0 Å². The second-order valence-corrected chi connectivity index (χ2v) is 5.00. The maximum atomic E-state index is 12.4. The molecule has 2 N–H and O–H groups in total. The number of carbonyl (C=O) groups is 1. The van der Waals surface area contributed by atoms with E-state index in [9.17, 15) is 4.79 Å². The first-order valence-corrected chi connectivity index (χ1v) is 6.65. The average molecular weight is 247 g/mol. The molecule has 2 rings (SSSR count). The zero-order chi connectivity index (χ0) is 12.8. The molecule has 0 bridgehead atoms. The number of rotatable bonds is 5. The highest BCUT2D eigenvalue weighted by Gasteiger charge is 2.39. The van der Waals surface area contributed by atoms with E-state index in [1.54, 1.807) is 12.4 Å². The smallest absolute Gasteiger partial charge is 0.227 e. The van der Waals surface area contributed by atoms with Gasteiger partial charge in [-0.25, -0.2) is 0 Å². The summed E-state index contributed by atoms with van der Waals surface area (Å²) >= 11 is 0. The number of aromatic nitrogens is 1. The topological polar surface area (TPSA) is 54.0 Å². The molecule has 1 saturated heterocycles. The van der Waals surface area contributed by atoms with Gasteiger partial charge in [-0.2, -0.15) is 0 Å². The Labute approximate surface area is 108 Å². The molecule has 4 heteroatoms. The minimum Gasteiger partial charge on any atom is -0.351 e. The van der Waals surface area contributed by atoms with Gasteiger partial charge in [0.15, 0.2) is 0 Å². The van der Waals surface area contributed by atoms with Crippen molar-refractivity contribution in [2.75, 3.05) is 13.1 Å². The van der Waals surface area contributed by atoms with E-state index in [2.05, 4.69) is 22.5 Å². The highest BCUT2D eigenvalue weighted by atomic mass is 16.2. The van der Waals surface area contributed by atoms with Crippen molar-refractivity contribution in [1.29, 1.82) is 0 Å². The highest BCUT2D eigenvalue weighted by Crippen LogP contribution is 2.31. The summed E-state index contributed by atoms with van der Waals surface area (Å²) in [4.78, 5) is 16.3. The average Bonchev–Trinajstić information content (AvgIpc) is 2.87. The van der Waals surface area contributed by atoms with Crippen molar-refractivity contribution < 1.29 is 4.79 Å². The van der Waals surface area contributed by atoms with E-state index in [4.69, 9.17) is 0 Å². The molecule has 0 aromatic carbocycles. The Kier molecular flexibility index (Phi) is 4.31. The van der Waals surface area contributed by atoms with Crippen LogP contribution in [0.25, 0.3) is 0 Å². The van der Waals surface area contributed by atoms with Crippen molar-refractivity contribution in [2.45, 2.75) is 32.7 Å². The fraction of sp³-hybridized carbons (Fsp3) is 0.571. The monoisotopic (exact) mass is 247 g/mol. The van der Waals surface area contributed by atoms with Gasteiger partial charge in [0.1, 0.15) is 0 Å². The lowest BCUT2D eigenvalue weighted by atomic mass is 9.81. The first-order valence-electron chi connectivity index (χ1n) is 6.65. The molecule has 2 heterocycles. The van der Waals surface area contributed by atoms with E-state index < -0.39 is 0 Å². The van der Waals surface area contributed by atoms with E-state index in [1.165, 1.54) is 0 Å². The van der Waals surface area contributed by atoms with Gasteiger partial charge < -0.3 is 10.6 Å². The Bertz CT molecular complexity index is 385. The van der Waals surface area contributed by atoms with E-state index >= 15 is 0 Å². The van der Waals surface area contributed by atoms with Gasteiger partial charge in [0.2, 0.25) is 5.91 Å². The number of nitrogens with zero attached hydrogens (tertiary/aromatic N) is 1. The SMILES string of the molecule is CCCC1(C(=O)NCc2ccncc2)CCNC1. The largest absolute Gasteiger partial charge is 0.351 e. The molecular weight excluding hydrogens is 226 g/mol. The fourth-order valence-electron chi connectivity index (χ4n) is 2.61. The molecule has 4 nitrogen and oxygen atoms in total. The Morgan fingerprint density at radius 1 is 1.50 bits per heavy atom. The first-order chi connectivity index (χ1) is 8.77. The maximum absolute atomic E-state index is 12.4. The number of amides is 1. The minimum atomic E-state index is -0.193. The highest BCUT2D eigenvalue weighted by molar-refractivity contribution is 5.83. The predicted octanol–water partition coefficient (Wildman–Crippen LogP) is 1.48. The first kappa shape index (κ1) is 13.0. The van der Waals surface area contributed by atoms with Crippen LogP contribution in [-0.2, 0) is 11.3 Å². The van der Waals surface area contributed by atoms with Gasteiger partial charge in [-0.3, -0.25) is 9.78 Å². The molecule has 1 aromatic rings. The normalized spacial score (nSPS) is 22.9. The second kappa shape index (κ2) is 5.96. The maximum Gasteiger partial charge on any atom is 0.227 e. The lowest BCUT2D eigenvalue weighted by Gasteiger charge is -2.26. The molecule has 0 aliphatic carbocycles. The lowest BCUT2D eigenvalue weighted by molar-refractivity contribution is -0.130. The molecule has 1 unspecified atom stereocenters. The molecule has 0 saturated carbocycles. The number of pyridine rings is 1. The zero-order valence-corrected chi connectivity index (χ0v) is 10.9. The van der Waals surface area contributed by atoms with Crippen LogP contribution in [0.4, 0.5) is 0 Å². The van der Waals surface area contributed by atoms with Gasteiger partial charge in [0.25, 0.3) is 0 Å². The van der Waals surface area contributed by atoms with Crippen LogP contribution in [0.2, 0.25) is 0 Å². The molecule has 18 heavy (non-hydrogen) atoms. The van der Waals surface area contributed by atoms with Crippen molar-refractivity contribution in [3.8, 4) is 0 Å². The Morgan fingerprint density at radius 3 is 2.89 bits per heavy atom. The molecule has 1 aliphatic heterocycles. The van der Waals surface area contributed by atoms with Crippen molar-refractivity contribution in [3.63, 3.8) is 0 Å². The standard InChI is InChI=1S/C14H21N3O/c1-2-5-14(6-9-16-11-14)13(18)17-10-12-3-7-15-8-4-12/h3-4,7-8,16H,2,5-6,9-11H2,1H3,(H,17,18). The van der Waals surface area contributed by atoms with E-state index in [0.29, 0.717) is 6.54 Å². The Hall–Kier alpha value is -1.42. The molecule has 1 aliphatic rings. The number of carbonyl (C=O) groups excluding carboxylic acids is 1. The molecule has 1 amide bonds. The van der Waals surface area contributed by atoms with Gasteiger partial charge in [-0.05, 0) is 37.1 Å². The third kappa shape index (κ3) is 2.88. The molecule has 98 valence electrons. The number of hydrogen-bond acceptors (Lipinski definition) is 3. The predicted molar refractivity (Wildman–Crippen MR) is 70.9 cm³/mol. The zero-order valence-electron chi connectivity index (χ0n) is 10.9. The van der Waals surface area contributed by atoms with Crippen molar-refractivity contribution in [3.05, 3.63) is 30.1 Å². The lowest BCUT2D eigenvalue weighted by Crippen LogP contribution is -2.42. The van der Waals surface area contributed by atoms with Gasteiger partial charge in [-0.1, -0.05) is 13.3 Å². The van der Waals surface area contributed by atoms with Crippen LogP contribution >= 0.6 is 0 Å². The minimum absolute atomic E-state index is 0.186. The fourth-order valence-corrected chi connectivity index (χ4v) is 2.61.